The van der Waals surface area contributed by atoms with Crippen LogP contribution in [-0.2, 0) is 9.53 Å². The Morgan fingerprint density at radius 2 is 2.11 bits per heavy atom. The van der Waals surface area contributed by atoms with E-state index in [1.165, 1.54) is 0 Å². The molecule has 1 amide bonds. The van der Waals surface area contributed by atoms with Crippen LogP contribution in [0.2, 0.25) is 0 Å². The summed E-state index contributed by atoms with van der Waals surface area (Å²) in [5.74, 6) is -0.0105. The Balaban J connectivity index is 3.67. The maximum Gasteiger partial charge on any atom is 0.226 e. The van der Waals surface area contributed by atoms with E-state index in [0.29, 0.717) is 26.3 Å². The van der Waals surface area contributed by atoms with Gasteiger partial charge < -0.3 is 20.5 Å². The van der Waals surface area contributed by atoms with Crippen LogP contribution in [0, 0.1) is 5.41 Å². The Morgan fingerprint density at radius 3 is 2.67 bits per heavy atom. The second-order valence-corrected chi connectivity index (χ2v) is 5.18. The van der Waals surface area contributed by atoms with Gasteiger partial charge in [-0.2, -0.15) is 0 Å². The van der Waals surface area contributed by atoms with Gasteiger partial charge in [0, 0.05) is 26.7 Å². The first kappa shape index (κ1) is 17.4. The zero-order valence-corrected chi connectivity index (χ0v) is 12.1. The molecule has 5 nitrogen and oxygen atoms in total. The lowest BCUT2D eigenvalue weighted by molar-refractivity contribution is -0.128. The summed E-state index contributed by atoms with van der Waals surface area (Å²) in [7, 11) is 1.63. The molecule has 0 aliphatic rings. The molecule has 18 heavy (non-hydrogen) atoms. The molecule has 0 aromatic rings. The summed E-state index contributed by atoms with van der Waals surface area (Å²) in [4.78, 5) is 11.5. The van der Waals surface area contributed by atoms with Gasteiger partial charge in [0.15, 0.2) is 0 Å². The minimum absolute atomic E-state index is 0.0105. The number of aliphatic hydroxyl groups excluding tert-OH is 1. The van der Waals surface area contributed by atoms with Crippen molar-refractivity contribution < 1.29 is 14.6 Å². The summed E-state index contributed by atoms with van der Waals surface area (Å²) >= 11 is 0. The van der Waals surface area contributed by atoms with E-state index in [2.05, 4.69) is 17.6 Å². The Hall–Kier alpha value is -0.650. The molecular formula is C13H28N2O3. The SMILES string of the molecule is CCCCOCC(O)CNCC(C)(C)C(=O)NC. The molecule has 0 aromatic heterocycles. The Kier molecular flexibility index (Phi) is 8.97. The van der Waals surface area contributed by atoms with Crippen molar-refractivity contribution in [2.45, 2.75) is 39.7 Å². The summed E-state index contributed by atoms with van der Waals surface area (Å²) in [5.41, 5.74) is -0.475. The number of nitrogens with one attached hydrogen (secondary N) is 2. The lowest BCUT2D eigenvalue weighted by atomic mass is 9.92. The highest BCUT2D eigenvalue weighted by atomic mass is 16.5. The number of aliphatic hydroxyl groups is 1. The van der Waals surface area contributed by atoms with E-state index < -0.39 is 11.5 Å². The third kappa shape index (κ3) is 7.63. The van der Waals surface area contributed by atoms with Gasteiger partial charge in [-0.05, 0) is 20.3 Å². The number of amides is 1. The van der Waals surface area contributed by atoms with Crippen LogP contribution in [0.3, 0.4) is 0 Å². The first-order valence-electron chi connectivity index (χ1n) is 6.62. The van der Waals surface area contributed by atoms with Crippen LogP contribution in [0.1, 0.15) is 33.6 Å². The average molecular weight is 260 g/mol. The molecule has 1 unspecified atom stereocenters. The van der Waals surface area contributed by atoms with Crippen molar-refractivity contribution in [1.82, 2.24) is 10.6 Å². The highest BCUT2D eigenvalue weighted by Crippen LogP contribution is 2.12. The molecule has 0 heterocycles. The first-order chi connectivity index (χ1) is 8.44. The zero-order valence-electron chi connectivity index (χ0n) is 12.1. The lowest BCUT2D eigenvalue weighted by Crippen LogP contribution is -2.44. The standard InChI is InChI=1S/C13H28N2O3/c1-5-6-7-18-9-11(16)8-15-10-13(2,3)12(17)14-4/h11,15-16H,5-10H2,1-4H3,(H,14,17). The zero-order chi connectivity index (χ0) is 14.0. The number of hydrogen-bond acceptors (Lipinski definition) is 4. The topological polar surface area (TPSA) is 70.6 Å². The number of carbonyl (C=O) groups excluding carboxylic acids is 1. The molecule has 5 heteroatoms. The third-order valence-electron chi connectivity index (χ3n) is 2.74. The van der Waals surface area contributed by atoms with Gasteiger partial charge in [0.2, 0.25) is 5.91 Å². The van der Waals surface area contributed by atoms with E-state index in [4.69, 9.17) is 4.74 Å². The van der Waals surface area contributed by atoms with E-state index in [-0.39, 0.29) is 5.91 Å². The predicted molar refractivity (Wildman–Crippen MR) is 72.5 cm³/mol. The maximum atomic E-state index is 11.5. The molecule has 0 bridgehead atoms. The van der Waals surface area contributed by atoms with Crippen molar-refractivity contribution in [2.24, 2.45) is 5.41 Å². The van der Waals surface area contributed by atoms with Crippen LogP contribution in [0.4, 0.5) is 0 Å². The molecular weight excluding hydrogens is 232 g/mol. The second-order valence-electron chi connectivity index (χ2n) is 5.18. The fourth-order valence-electron chi connectivity index (χ4n) is 1.49. The highest BCUT2D eigenvalue weighted by Gasteiger charge is 2.26. The molecule has 0 aliphatic heterocycles. The van der Waals surface area contributed by atoms with E-state index in [9.17, 15) is 9.90 Å². The van der Waals surface area contributed by atoms with Crippen molar-refractivity contribution in [2.75, 3.05) is 33.4 Å². The van der Waals surface area contributed by atoms with E-state index in [1.807, 2.05) is 13.8 Å². The maximum absolute atomic E-state index is 11.5. The summed E-state index contributed by atoms with van der Waals surface area (Å²) < 4.78 is 5.32. The quantitative estimate of drug-likeness (QED) is 0.501. The normalized spacial score (nSPS) is 13.4. The first-order valence-corrected chi connectivity index (χ1v) is 6.62. The molecule has 108 valence electrons. The average Bonchev–Trinajstić information content (AvgIpc) is 2.33. The largest absolute Gasteiger partial charge is 0.389 e. The molecule has 0 spiro atoms. The molecule has 3 N–H and O–H groups in total. The summed E-state index contributed by atoms with van der Waals surface area (Å²) in [6, 6.07) is 0. The van der Waals surface area contributed by atoms with Gasteiger partial charge in [-0.15, -0.1) is 0 Å². The van der Waals surface area contributed by atoms with Crippen LogP contribution < -0.4 is 10.6 Å². The second kappa shape index (κ2) is 9.30. The van der Waals surface area contributed by atoms with Crippen LogP contribution in [0.5, 0.6) is 0 Å². The Labute approximate surface area is 110 Å². The number of hydrogen-bond donors (Lipinski definition) is 3. The van der Waals surface area contributed by atoms with Crippen LogP contribution in [0.25, 0.3) is 0 Å². The summed E-state index contributed by atoms with van der Waals surface area (Å²) in [6.45, 7) is 7.82. The van der Waals surface area contributed by atoms with Gasteiger partial charge in [-0.3, -0.25) is 4.79 Å². The minimum Gasteiger partial charge on any atom is -0.389 e. The number of rotatable bonds is 10. The lowest BCUT2D eigenvalue weighted by Gasteiger charge is -2.23. The fourth-order valence-corrected chi connectivity index (χ4v) is 1.49. The number of unbranched alkanes of at least 4 members (excludes halogenated alkanes) is 1. The molecule has 0 aromatic carbocycles. The molecule has 0 fully saturated rings. The van der Waals surface area contributed by atoms with Crippen LogP contribution in [0.15, 0.2) is 0 Å². The Morgan fingerprint density at radius 1 is 1.44 bits per heavy atom. The van der Waals surface area contributed by atoms with Gasteiger partial charge in [-0.1, -0.05) is 13.3 Å². The molecule has 0 radical (unpaired) electrons. The Bertz CT molecular complexity index is 232. The summed E-state index contributed by atoms with van der Waals surface area (Å²) in [5, 5.41) is 15.4. The van der Waals surface area contributed by atoms with E-state index in [0.717, 1.165) is 12.8 Å². The summed E-state index contributed by atoms with van der Waals surface area (Å²) in [6.07, 6.45) is 1.58. The fraction of sp³-hybridized carbons (Fsp3) is 0.923. The molecule has 0 saturated carbocycles. The van der Waals surface area contributed by atoms with Crippen molar-refractivity contribution in [3.63, 3.8) is 0 Å². The van der Waals surface area contributed by atoms with Crippen molar-refractivity contribution in [1.29, 1.82) is 0 Å². The highest BCUT2D eigenvalue weighted by molar-refractivity contribution is 5.81. The molecule has 0 aliphatic carbocycles. The molecule has 0 saturated heterocycles. The van der Waals surface area contributed by atoms with Crippen LogP contribution >= 0.6 is 0 Å². The van der Waals surface area contributed by atoms with Gasteiger partial charge in [0.1, 0.15) is 0 Å². The van der Waals surface area contributed by atoms with Crippen molar-refractivity contribution in [3.8, 4) is 0 Å². The number of carbonyl (C=O) groups is 1. The van der Waals surface area contributed by atoms with E-state index >= 15 is 0 Å². The van der Waals surface area contributed by atoms with Gasteiger partial charge in [0.05, 0.1) is 18.1 Å². The number of ether oxygens (including phenoxy) is 1. The monoisotopic (exact) mass is 260 g/mol. The minimum atomic E-state index is -0.526. The van der Waals surface area contributed by atoms with Crippen molar-refractivity contribution in [3.05, 3.63) is 0 Å². The van der Waals surface area contributed by atoms with Gasteiger partial charge in [0.25, 0.3) is 0 Å². The van der Waals surface area contributed by atoms with Crippen LogP contribution in [-0.4, -0.2) is 50.5 Å². The van der Waals surface area contributed by atoms with Gasteiger partial charge in [-0.25, -0.2) is 0 Å². The smallest absolute Gasteiger partial charge is 0.226 e. The third-order valence-corrected chi connectivity index (χ3v) is 2.74. The van der Waals surface area contributed by atoms with Gasteiger partial charge >= 0.3 is 0 Å². The molecule has 0 rings (SSSR count). The predicted octanol–water partition coefficient (Wildman–Crippen LogP) is 0.526. The van der Waals surface area contributed by atoms with Crippen molar-refractivity contribution >= 4 is 5.91 Å². The molecule has 1 atom stereocenters. The van der Waals surface area contributed by atoms with E-state index in [1.54, 1.807) is 7.05 Å².